The molecule has 0 aromatic rings. The Kier molecular flexibility index (Phi) is 1.44. The monoisotopic (exact) mass is 218 g/mol. The molecular weight excluding hydrogens is 184 g/mol. The molecule has 82 valence electrons. The lowest BCUT2D eigenvalue weighted by Crippen LogP contribution is -1.94. The topological polar surface area (TPSA) is 74.6 Å². The van der Waals surface area contributed by atoms with Crippen LogP contribution in [0.15, 0.2) is 0 Å². The number of aliphatic carboxylic acids is 2. The smallest absolute Gasteiger partial charge is 0.303 e. The summed E-state index contributed by atoms with van der Waals surface area (Å²) in [6.07, 6.45) is -35.3. The fourth-order valence-corrected chi connectivity index (χ4v) is 0.294. The first-order valence-corrected chi connectivity index (χ1v) is 3.11. The molecule has 0 radical (unpaired) electrons. The van der Waals surface area contributed by atoms with Crippen LogP contribution in [-0.4, -0.2) is 22.2 Å². The SMILES string of the molecule is [2H]C([2H])(C(=O)O)C([2H])([2H])C([2H])([2H])C([2H])([2H])C([2H])([2H])C([2H])([2H])C([2H])([2H])C([2H])([2H])C(=O)O. The first kappa shape index (κ1) is 2.36. The number of carbonyl (C=O) groups is 2. The van der Waals surface area contributed by atoms with Gasteiger partial charge in [0.05, 0.1) is 0 Å². The highest BCUT2D eigenvalue weighted by atomic mass is 16.4. The summed E-state index contributed by atoms with van der Waals surface area (Å²) in [4.78, 5) is 22.0. The molecule has 0 aliphatic carbocycles. The quantitative estimate of drug-likeness (QED) is 0.622. The summed E-state index contributed by atoms with van der Waals surface area (Å²) >= 11 is 0. The van der Waals surface area contributed by atoms with E-state index in [9.17, 15) is 9.59 Å². The Morgan fingerprint density at radius 2 is 1.07 bits per heavy atom. The first-order chi connectivity index (χ1) is 12.6. The summed E-state index contributed by atoms with van der Waals surface area (Å²) in [6, 6.07) is 0. The normalized spacial score (nSPS) is 35.1. The van der Waals surface area contributed by atoms with E-state index in [1.54, 1.807) is 0 Å². The molecule has 0 aromatic carbocycles. The Morgan fingerprint density at radius 3 is 1.36 bits per heavy atom. The van der Waals surface area contributed by atoms with Crippen LogP contribution in [0.1, 0.15) is 72.9 Å². The Morgan fingerprint density at radius 1 is 0.786 bits per heavy atom. The van der Waals surface area contributed by atoms with Gasteiger partial charge in [-0.15, -0.1) is 0 Å². The number of hydrogen-bond donors (Lipinski definition) is 2. The van der Waals surface area contributed by atoms with Crippen LogP contribution in [0, 0.1) is 0 Å². The fraction of sp³-hybridized carbons (Fsp3) is 0.800. The molecule has 0 aliphatic rings. The van der Waals surface area contributed by atoms with Gasteiger partial charge in [-0.3, -0.25) is 9.59 Å². The highest BCUT2D eigenvalue weighted by molar-refractivity contribution is 5.66. The molecule has 14 heavy (non-hydrogen) atoms. The van der Waals surface area contributed by atoms with Gasteiger partial charge < -0.3 is 10.2 Å². The number of rotatable bonds is 9. The molecule has 4 nitrogen and oxygen atoms in total. The van der Waals surface area contributed by atoms with Crippen molar-refractivity contribution in [3.63, 3.8) is 0 Å². The third-order valence-electron chi connectivity index (χ3n) is 0.651. The molecule has 0 unspecified atom stereocenters. The zero-order valence-corrected chi connectivity index (χ0v) is 6.71. The van der Waals surface area contributed by atoms with E-state index < -0.39 is 62.9 Å². The van der Waals surface area contributed by atoms with Crippen molar-refractivity contribution < 1.29 is 41.7 Å². The number of hydrogen-bond acceptors (Lipinski definition) is 2. The third kappa shape index (κ3) is 10.9. The van der Waals surface area contributed by atoms with Crippen molar-refractivity contribution in [3.8, 4) is 0 Å². The molecule has 0 atom stereocenters. The lowest BCUT2D eigenvalue weighted by atomic mass is 10.1. The van der Waals surface area contributed by atoms with Gasteiger partial charge in [-0.2, -0.15) is 0 Å². The van der Waals surface area contributed by atoms with E-state index in [4.69, 9.17) is 32.1 Å². The van der Waals surface area contributed by atoms with E-state index in [0.29, 0.717) is 0 Å². The second-order valence-electron chi connectivity index (χ2n) is 1.61. The molecule has 4 heteroatoms. The molecule has 0 heterocycles. The molecule has 0 saturated heterocycles. The minimum absolute atomic E-state index is 2.60. The van der Waals surface area contributed by atoms with Gasteiger partial charge in [-0.25, -0.2) is 0 Å². The maximum absolute atomic E-state index is 11.0. The van der Waals surface area contributed by atoms with Crippen molar-refractivity contribution in [1.82, 2.24) is 0 Å². The molecular formula is C10H18O4. The molecule has 2 N–H and O–H groups in total. The predicted octanol–water partition coefficient (Wildman–Crippen LogP) is 2.28. The molecule has 0 bridgehead atoms. The summed E-state index contributed by atoms with van der Waals surface area (Å²) in [5, 5.41) is 17.6. The molecule has 0 fully saturated rings. The molecule has 0 spiro atoms. The summed E-state index contributed by atoms with van der Waals surface area (Å²) < 4.78 is 120. The van der Waals surface area contributed by atoms with Crippen LogP contribution in [0.3, 0.4) is 0 Å². The predicted molar refractivity (Wildman–Crippen MR) is 52.2 cm³/mol. The Bertz CT molecular complexity index is 651. The maximum Gasteiger partial charge on any atom is 0.303 e. The second kappa shape index (κ2) is 8.53. The maximum atomic E-state index is 11.0. The zero-order valence-electron chi connectivity index (χ0n) is 22.7. The lowest BCUT2D eigenvalue weighted by Gasteiger charge is -1.98. The minimum Gasteiger partial charge on any atom is -0.481 e. The van der Waals surface area contributed by atoms with Gasteiger partial charge in [0.15, 0.2) is 0 Å². The molecule has 0 rings (SSSR count). The van der Waals surface area contributed by atoms with Crippen LogP contribution < -0.4 is 0 Å². The Balaban J connectivity index is 6.90. The summed E-state index contributed by atoms with van der Waals surface area (Å²) in [6.45, 7) is 0. The minimum atomic E-state index is -4.57. The van der Waals surface area contributed by atoms with Gasteiger partial charge in [0.2, 0.25) is 0 Å². The molecule has 0 amide bonds. The summed E-state index contributed by atoms with van der Waals surface area (Å²) in [5.41, 5.74) is 0. The van der Waals surface area contributed by atoms with Gasteiger partial charge in [0, 0.05) is 34.7 Å². The number of carboxylic acids is 2. The molecule has 0 saturated carbocycles. The van der Waals surface area contributed by atoms with Crippen molar-refractivity contribution in [2.75, 3.05) is 0 Å². The highest BCUT2D eigenvalue weighted by Gasteiger charge is 1.98. The lowest BCUT2D eigenvalue weighted by molar-refractivity contribution is -0.138. The van der Waals surface area contributed by atoms with Crippen molar-refractivity contribution in [3.05, 3.63) is 0 Å². The molecule has 0 aliphatic heterocycles. The standard InChI is InChI=1S/C10H18O4/c11-9(12)7-5-3-1-2-4-6-8-10(13)14/h1-8H2,(H,11,12)(H,13,14)/i1D2,2D2,3D2,4D2,5D2,6D2,7D2,8D2. The average molecular weight is 218 g/mol. The summed E-state index contributed by atoms with van der Waals surface area (Å²) in [5.74, 6) is -5.21. The van der Waals surface area contributed by atoms with E-state index in [2.05, 4.69) is 0 Å². The van der Waals surface area contributed by atoms with Crippen LogP contribution in [0.5, 0.6) is 0 Å². The summed E-state index contributed by atoms with van der Waals surface area (Å²) in [7, 11) is 0. The average Bonchev–Trinajstić information content (AvgIpc) is 2.52. The Labute approximate surface area is 106 Å². The van der Waals surface area contributed by atoms with Crippen molar-refractivity contribution in [2.24, 2.45) is 0 Å². The van der Waals surface area contributed by atoms with Crippen LogP contribution in [0.4, 0.5) is 0 Å². The van der Waals surface area contributed by atoms with E-state index in [-0.39, 0.29) is 0 Å². The van der Waals surface area contributed by atoms with E-state index in [1.165, 1.54) is 0 Å². The van der Waals surface area contributed by atoms with Gasteiger partial charge in [-0.1, -0.05) is 25.5 Å². The highest BCUT2D eigenvalue weighted by Crippen LogP contribution is 2.08. The Hall–Kier alpha value is -1.06. The van der Waals surface area contributed by atoms with Gasteiger partial charge in [0.25, 0.3) is 0 Å². The van der Waals surface area contributed by atoms with Crippen LogP contribution in [0.25, 0.3) is 0 Å². The van der Waals surface area contributed by atoms with Crippen molar-refractivity contribution in [2.45, 2.75) is 51.0 Å². The first-order valence-electron chi connectivity index (χ1n) is 11.1. The third-order valence-corrected chi connectivity index (χ3v) is 0.651. The largest absolute Gasteiger partial charge is 0.481 e. The second-order valence-corrected chi connectivity index (χ2v) is 1.61. The van der Waals surface area contributed by atoms with Crippen LogP contribution in [-0.2, 0) is 9.59 Å². The van der Waals surface area contributed by atoms with Crippen LogP contribution in [0.2, 0.25) is 0 Å². The van der Waals surface area contributed by atoms with E-state index >= 15 is 0 Å². The number of carboxylic acid groups (broad SMARTS) is 2. The molecule has 0 aromatic heterocycles. The van der Waals surface area contributed by atoms with Gasteiger partial charge >= 0.3 is 11.9 Å². The van der Waals surface area contributed by atoms with Crippen molar-refractivity contribution >= 4 is 11.9 Å². The van der Waals surface area contributed by atoms with Crippen molar-refractivity contribution in [1.29, 1.82) is 0 Å². The van der Waals surface area contributed by atoms with Gasteiger partial charge in [0.1, 0.15) is 0 Å². The zero-order chi connectivity index (χ0) is 25.2. The fourth-order valence-electron chi connectivity index (χ4n) is 0.294. The van der Waals surface area contributed by atoms with Crippen LogP contribution >= 0.6 is 0 Å². The van der Waals surface area contributed by atoms with E-state index in [1.807, 2.05) is 0 Å². The van der Waals surface area contributed by atoms with Gasteiger partial charge in [-0.05, 0) is 12.7 Å². The van der Waals surface area contributed by atoms with E-state index in [0.717, 1.165) is 0 Å².